The maximum atomic E-state index is 11.4. The van der Waals surface area contributed by atoms with E-state index >= 15 is 0 Å². The number of aliphatic imine (C=N–C) groups is 1. The predicted molar refractivity (Wildman–Crippen MR) is 61.2 cm³/mol. The molecule has 0 unspecified atom stereocenters. The van der Waals surface area contributed by atoms with Gasteiger partial charge in [-0.1, -0.05) is 18.2 Å². The van der Waals surface area contributed by atoms with Gasteiger partial charge < -0.3 is 4.74 Å². The Bertz CT molecular complexity index is 358. The molecule has 15 heavy (non-hydrogen) atoms. The number of hydrogen-bond donors (Lipinski definition) is 0. The Hall–Kier alpha value is -1.51. The van der Waals surface area contributed by atoms with Gasteiger partial charge in [-0.3, -0.25) is 0 Å². The fourth-order valence-electron chi connectivity index (χ4n) is 1.01. The van der Waals surface area contributed by atoms with E-state index in [1.165, 1.54) is 0 Å². The summed E-state index contributed by atoms with van der Waals surface area (Å²) in [5.74, 6) is -0.304. The first kappa shape index (κ1) is 11.6. The second kappa shape index (κ2) is 6.87. The van der Waals surface area contributed by atoms with Crippen molar-refractivity contribution in [2.75, 3.05) is 13.2 Å². The van der Waals surface area contributed by atoms with Crippen molar-refractivity contribution in [2.24, 2.45) is 4.99 Å². The molecule has 0 aliphatic carbocycles. The van der Waals surface area contributed by atoms with Crippen molar-refractivity contribution in [1.82, 2.24) is 0 Å². The van der Waals surface area contributed by atoms with Gasteiger partial charge in [0.2, 0.25) is 0 Å². The Balaban J connectivity index is 2.28. The topological polar surface area (TPSA) is 38.7 Å². The van der Waals surface area contributed by atoms with Gasteiger partial charge in [-0.15, -0.1) is 0 Å². The number of thiocarbonyl (C=S) groups is 1. The summed E-state index contributed by atoms with van der Waals surface area (Å²) in [5, 5.41) is 2.26. The molecule has 0 aliphatic heterocycles. The monoisotopic (exact) mass is 221 g/mol. The van der Waals surface area contributed by atoms with Gasteiger partial charge in [0, 0.05) is 6.42 Å². The molecular weight excluding hydrogens is 210 g/mol. The third-order valence-corrected chi connectivity index (χ3v) is 1.85. The molecule has 0 spiro atoms. The quantitative estimate of drug-likeness (QED) is 0.331. The van der Waals surface area contributed by atoms with Gasteiger partial charge in [-0.25, -0.2) is 9.79 Å². The number of benzene rings is 1. The molecule has 0 amide bonds. The number of isothiocyanates is 1. The highest BCUT2D eigenvalue weighted by atomic mass is 32.1. The molecule has 0 atom stereocenters. The average molecular weight is 221 g/mol. The predicted octanol–water partition coefficient (Wildman–Crippen LogP) is 2.34. The lowest BCUT2D eigenvalue weighted by atomic mass is 10.2. The van der Waals surface area contributed by atoms with Crippen LogP contribution in [0.2, 0.25) is 0 Å². The standard InChI is InChI=1S/C11H11NO2S/c13-11(10-5-2-1-3-6-10)14-8-4-7-12-9-15/h1-3,5-6H,4,7-8H2. The highest BCUT2D eigenvalue weighted by Gasteiger charge is 2.04. The van der Waals surface area contributed by atoms with Crippen molar-refractivity contribution in [3.63, 3.8) is 0 Å². The molecule has 0 saturated heterocycles. The van der Waals surface area contributed by atoms with E-state index in [4.69, 9.17) is 4.74 Å². The minimum absolute atomic E-state index is 0.304. The van der Waals surface area contributed by atoms with Gasteiger partial charge in [0.05, 0.1) is 23.9 Å². The summed E-state index contributed by atoms with van der Waals surface area (Å²) in [6.07, 6.45) is 0.669. The molecular formula is C11H11NO2S. The number of nitrogens with zero attached hydrogens (tertiary/aromatic N) is 1. The van der Waals surface area contributed by atoms with E-state index < -0.39 is 0 Å². The van der Waals surface area contributed by atoms with E-state index in [0.29, 0.717) is 25.1 Å². The summed E-state index contributed by atoms with van der Waals surface area (Å²) in [5.41, 5.74) is 0.566. The van der Waals surface area contributed by atoms with Crippen molar-refractivity contribution in [1.29, 1.82) is 0 Å². The smallest absolute Gasteiger partial charge is 0.338 e. The first-order chi connectivity index (χ1) is 7.34. The second-order valence-corrected chi connectivity index (χ2v) is 3.01. The normalized spacial score (nSPS) is 9.07. The number of hydrogen-bond acceptors (Lipinski definition) is 4. The third-order valence-electron chi connectivity index (χ3n) is 1.72. The van der Waals surface area contributed by atoms with Crippen LogP contribution in [0.15, 0.2) is 35.3 Å². The van der Waals surface area contributed by atoms with Gasteiger partial charge in [0.25, 0.3) is 0 Å². The molecule has 1 aromatic rings. The number of esters is 1. The molecule has 0 radical (unpaired) electrons. The molecule has 0 bridgehead atoms. The van der Waals surface area contributed by atoms with Gasteiger partial charge in [0.1, 0.15) is 0 Å². The van der Waals surface area contributed by atoms with E-state index in [1.54, 1.807) is 24.3 Å². The molecule has 1 rings (SSSR count). The summed E-state index contributed by atoms with van der Waals surface area (Å²) < 4.78 is 5.01. The van der Waals surface area contributed by atoms with E-state index in [1.807, 2.05) is 6.07 Å². The van der Waals surface area contributed by atoms with Crippen LogP contribution in [0.5, 0.6) is 0 Å². The Kier molecular flexibility index (Phi) is 5.30. The highest BCUT2D eigenvalue weighted by molar-refractivity contribution is 7.78. The zero-order chi connectivity index (χ0) is 10.9. The van der Waals surface area contributed by atoms with E-state index in [2.05, 4.69) is 22.4 Å². The molecule has 0 N–H and O–H groups in total. The summed E-state index contributed by atoms with van der Waals surface area (Å²) in [7, 11) is 0. The molecule has 0 aromatic heterocycles. The molecule has 0 heterocycles. The molecule has 0 aliphatic rings. The van der Waals surface area contributed by atoms with Crippen LogP contribution in [0.3, 0.4) is 0 Å². The first-order valence-electron chi connectivity index (χ1n) is 4.60. The van der Waals surface area contributed by atoms with Gasteiger partial charge in [-0.2, -0.15) is 0 Å². The van der Waals surface area contributed by atoms with Crippen LogP contribution in [-0.4, -0.2) is 24.3 Å². The molecule has 0 fully saturated rings. The molecule has 4 heteroatoms. The number of carbonyl (C=O) groups is 1. The number of ether oxygens (including phenoxy) is 1. The van der Waals surface area contributed by atoms with Gasteiger partial charge in [0.15, 0.2) is 0 Å². The van der Waals surface area contributed by atoms with Crippen LogP contribution in [0.1, 0.15) is 16.8 Å². The Labute approximate surface area is 93.8 Å². The lowest BCUT2D eigenvalue weighted by Crippen LogP contribution is -2.06. The third kappa shape index (κ3) is 4.49. The lowest BCUT2D eigenvalue weighted by molar-refractivity contribution is 0.0503. The maximum absolute atomic E-state index is 11.4. The van der Waals surface area contributed by atoms with Crippen molar-refractivity contribution in [2.45, 2.75) is 6.42 Å². The SMILES string of the molecule is O=C(OCCCN=C=S)c1ccccc1. The van der Waals surface area contributed by atoms with Gasteiger partial charge in [-0.05, 0) is 24.4 Å². The zero-order valence-corrected chi connectivity index (χ0v) is 9.00. The van der Waals surface area contributed by atoms with Crippen molar-refractivity contribution >= 4 is 23.3 Å². The van der Waals surface area contributed by atoms with Crippen LogP contribution < -0.4 is 0 Å². The summed E-state index contributed by atoms with van der Waals surface area (Å²) in [4.78, 5) is 15.1. The minimum Gasteiger partial charge on any atom is -0.462 e. The van der Waals surface area contributed by atoms with E-state index in [9.17, 15) is 4.79 Å². The Morgan fingerprint density at radius 3 is 2.80 bits per heavy atom. The molecule has 78 valence electrons. The van der Waals surface area contributed by atoms with Crippen LogP contribution in [0, 0.1) is 0 Å². The van der Waals surface area contributed by atoms with E-state index in [-0.39, 0.29) is 5.97 Å². The molecule has 0 saturated carbocycles. The number of carbonyl (C=O) groups excluding carboxylic acids is 1. The first-order valence-corrected chi connectivity index (χ1v) is 5.01. The molecule has 1 aromatic carbocycles. The van der Waals surface area contributed by atoms with Gasteiger partial charge >= 0.3 is 5.97 Å². The van der Waals surface area contributed by atoms with Crippen molar-refractivity contribution < 1.29 is 9.53 Å². The van der Waals surface area contributed by atoms with Crippen LogP contribution >= 0.6 is 12.2 Å². The zero-order valence-electron chi connectivity index (χ0n) is 8.18. The maximum Gasteiger partial charge on any atom is 0.338 e. The van der Waals surface area contributed by atoms with Crippen molar-refractivity contribution in [3.8, 4) is 0 Å². The second-order valence-electron chi connectivity index (χ2n) is 2.83. The summed E-state index contributed by atoms with van der Waals surface area (Å²) in [6, 6.07) is 8.89. The Morgan fingerprint density at radius 2 is 2.13 bits per heavy atom. The van der Waals surface area contributed by atoms with E-state index in [0.717, 1.165) is 0 Å². The molecule has 3 nitrogen and oxygen atoms in total. The fraction of sp³-hybridized carbons (Fsp3) is 0.273. The van der Waals surface area contributed by atoms with Crippen LogP contribution in [0.4, 0.5) is 0 Å². The summed E-state index contributed by atoms with van der Waals surface area (Å²) >= 11 is 4.41. The van der Waals surface area contributed by atoms with Crippen molar-refractivity contribution in [3.05, 3.63) is 35.9 Å². The number of rotatable bonds is 5. The average Bonchev–Trinajstić information content (AvgIpc) is 2.30. The Morgan fingerprint density at radius 1 is 1.40 bits per heavy atom. The fourth-order valence-corrected chi connectivity index (χ4v) is 1.10. The minimum atomic E-state index is -0.304. The van der Waals surface area contributed by atoms with Crippen LogP contribution in [-0.2, 0) is 4.74 Å². The largest absolute Gasteiger partial charge is 0.462 e. The lowest BCUT2D eigenvalue weighted by Gasteiger charge is -2.02. The summed E-state index contributed by atoms with van der Waals surface area (Å²) in [6.45, 7) is 0.903. The highest BCUT2D eigenvalue weighted by Crippen LogP contribution is 2.01. The van der Waals surface area contributed by atoms with Crippen LogP contribution in [0.25, 0.3) is 0 Å².